The molecule has 1 aliphatic carbocycles. The Morgan fingerprint density at radius 3 is 2.76 bits per heavy atom. The highest BCUT2D eigenvalue weighted by atomic mass is 16.4. The number of aliphatic hydroxyl groups is 1. The molecule has 1 aromatic carbocycles. The number of aliphatic hydroxyl groups excluding tert-OH is 1. The quantitative estimate of drug-likeness (QED) is 0.883. The summed E-state index contributed by atoms with van der Waals surface area (Å²) in [5, 5.41) is 21.4. The predicted octanol–water partition coefficient (Wildman–Crippen LogP) is 2.38. The van der Waals surface area contributed by atoms with Crippen LogP contribution in [0.2, 0.25) is 0 Å². The maximum atomic E-state index is 9.93. The minimum Gasteiger partial charge on any atom is -0.419 e. The van der Waals surface area contributed by atoms with Crippen LogP contribution in [-0.2, 0) is 6.54 Å². The van der Waals surface area contributed by atoms with Gasteiger partial charge < -0.3 is 14.8 Å². The number of hydrogen-bond donors (Lipinski definition) is 2. The van der Waals surface area contributed by atoms with Crippen molar-refractivity contribution < 1.29 is 9.52 Å². The summed E-state index contributed by atoms with van der Waals surface area (Å²) >= 11 is 0. The smallest absolute Gasteiger partial charge is 0.247 e. The average Bonchev–Trinajstić information content (AvgIpc) is 2.99. The van der Waals surface area contributed by atoms with E-state index in [1.54, 1.807) is 0 Å². The van der Waals surface area contributed by atoms with Crippen molar-refractivity contribution in [2.75, 3.05) is 6.54 Å². The Morgan fingerprint density at radius 1 is 1.14 bits per heavy atom. The van der Waals surface area contributed by atoms with Crippen LogP contribution in [0.1, 0.15) is 31.6 Å². The average molecular weight is 287 g/mol. The van der Waals surface area contributed by atoms with Gasteiger partial charge in [-0.15, -0.1) is 10.2 Å². The number of benzene rings is 1. The van der Waals surface area contributed by atoms with E-state index < -0.39 is 0 Å². The van der Waals surface area contributed by atoms with Gasteiger partial charge in [0.25, 0.3) is 0 Å². The van der Waals surface area contributed by atoms with E-state index in [1.165, 1.54) is 6.42 Å². The number of nitrogens with zero attached hydrogens (tertiary/aromatic N) is 2. The third kappa shape index (κ3) is 3.68. The number of nitrogens with one attached hydrogen (secondary N) is 1. The molecule has 0 spiro atoms. The first-order valence-corrected chi connectivity index (χ1v) is 7.59. The third-order valence-corrected chi connectivity index (χ3v) is 4.04. The molecule has 2 unspecified atom stereocenters. The maximum absolute atomic E-state index is 9.93. The largest absolute Gasteiger partial charge is 0.419 e. The van der Waals surface area contributed by atoms with Gasteiger partial charge in [-0.1, -0.05) is 31.0 Å². The minimum absolute atomic E-state index is 0.172. The Labute approximate surface area is 124 Å². The van der Waals surface area contributed by atoms with Crippen molar-refractivity contribution in [3.05, 3.63) is 36.2 Å². The summed E-state index contributed by atoms with van der Waals surface area (Å²) < 4.78 is 5.64. The number of aromatic nitrogens is 2. The van der Waals surface area contributed by atoms with Crippen molar-refractivity contribution in [2.45, 2.75) is 38.3 Å². The lowest BCUT2D eigenvalue weighted by Crippen LogP contribution is -2.33. The van der Waals surface area contributed by atoms with Gasteiger partial charge in [0.05, 0.1) is 12.6 Å². The lowest BCUT2D eigenvalue weighted by atomic mass is 9.86. The molecule has 1 saturated carbocycles. The Balaban J connectivity index is 1.51. The van der Waals surface area contributed by atoms with Crippen LogP contribution in [0.3, 0.4) is 0 Å². The molecule has 2 atom stereocenters. The van der Waals surface area contributed by atoms with Crippen LogP contribution in [0.25, 0.3) is 11.5 Å². The first kappa shape index (κ1) is 14.2. The molecular formula is C16H21N3O2. The van der Waals surface area contributed by atoms with E-state index in [9.17, 15) is 5.11 Å². The van der Waals surface area contributed by atoms with E-state index in [-0.39, 0.29) is 6.10 Å². The minimum atomic E-state index is -0.172. The highest BCUT2D eigenvalue weighted by Gasteiger charge is 2.22. The molecule has 0 saturated heterocycles. The van der Waals surface area contributed by atoms with Crippen molar-refractivity contribution in [1.82, 2.24) is 15.5 Å². The van der Waals surface area contributed by atoms with Gasteiger partial charge in [0.2, 0.25) is 11.8 Å². The summed E-state index contributed by atoms with van der Waals surface area (Å²) in [6.45, 7) is 1.34. The van der Waals surface area contributed by atoms with Crippen LogP contribution >= 0.6 is 0 Å². The van der Waals surface area contributed by atoms with Crippen LogP contribution in [0.15, 0.2) is 34.7 Å². The highest BCUT2D eigenvalue weighted by molar-refractivity contribution is 5.51. The lowest BCUT2D eigenvalue weighted by molar-refractivity contribution is 0.0692. The molecule has 0 amide bonds. The summed E-state index contributed by atoms with van der Waals surface area (Å²) in [7, 11) is 0. The van der Waals surface area contributed by atoms with Gasteiger partial charge in [0.15, 0.2) is 0 Å². The van der Waals surface area contributed by atoms with E-state index in [1.807, 2.05) is 30.3 Å². The van der Waals surface area contributed by atoms with Gasteiger partial charge in [0, 0.05) is 12.1 Å². The van der Waals surface area contributed by atoms with Crippen molar-refractivity contribution in [3.63, 3.8) is 0 Å². The molecule has 21 heavy (non-hydrogen) atoms. The van der Waals surface area contributed by atoms with E-state index in [2.05, 4.69) is 15.5 Å². The fourth-order valence-corrected chi connectivity index (χ4v) is 2.81. The highest BCUT2D eigenvalue weighted by Crippen LogP contribution is 2.23. The van der Waals surface area contributed by atoms with E-state index in [0.717, 1.165) is 31.4 Å². The second kappa shape index (κ2) is 6.83. The standard InChI is InChI=1S/C16H21N3O2/c20-14-9-5-4-8-13(14)10-17-11-15-18-19-16(21-15)12-6-2-1-3-7-12/h1-3,6-7,13-14,17,20H,4-5,8-11H2. The van der Waals surface area contributed by atoms with E-state index in [0.29, 0.717) is 24.2 Å². The van der Waals surface area contributed by atoms with Crippen LogP contribution in [0.4, 0.5) is 0 Å². The molecule has 1 fully saturated rings. The summed E-state index contributed by atoms with van der Waals surface area (Å²) in [5.41, 5.74) is 0.930. The molecule has 2 N–H and O–H groups in total. The van der Waals surface area contributed by atoms with E-state index >= 15 is 0 Å². The number of rotatable bonds is 5. The molecule has 5 nitrogen and oxygen atoms in total. The zero-order chi connectivity index (χ0) is 14.5. The SMILES string of the molecule is OC1CCCCC1CNCc1nnc(-c2ccccc2)o1. The van der Waals surface area contributed by atoms with Crippen molar-refractivity contribution in [2.24, 2.45) is 5.92 Å². The molecule has 3 rings (SSSR count). The van der Waals surface area contributed by atoms with Gasteiger partial charge in [-0.25, -0.2) is 0 Å². The normalized spacial score (nSPS) is 22.3. The van der Waals surface area contributed by atoms with Crippen molar-refractivity contribution >= 4 is 0 Å². The fraction of sp³-hybridized carbons (Fsp3) is 0.500. The van der Waals surface area contributed by atoms with Crippen LogP contribution < -0.4 is 5.32 Å². The van der Waals surface area contributed by atoms with Crippen molar-refractivity contribution in [3.8, 4) is 11.5 Å². The summed E-state index contributed by atoms with van der Waals surface area (Å²) in [6, 6.07) is 9.74. The molecule has 1 aliphatic rings. The Kier molecular flexibility index (Phi) is 4.62. The molecule has 1 heterocycles. The second-order valence-corrected chi connectivity index (χ2v) is 5.61. The molecular weight excluding hydrogens is 266 g/mol. The Hall–Kier alpha value is -1.72. The second-order valence-electron chi connectivity index (χ2n) is 5.61. The van der Waals surface area contributed by atoms with Gasteiger partial charge in [-0.2, -0.15) is 0 Å². The zero-order valence-electron chi connectivity index (χ0n) is 12.0. The van der Waals surface area contributed by atoms with Crippen LogP contribution in [0.5, 0.6) is 0 Å². The lowest BCUT2D eigenvalue weighted by Gasteiger charge is -2.27. The van der Waals surface area contributed by atoms with Gasteiger partial charge >= 0.3 is 0 Å². The first-order chi connectivity index (χ1) is 10.3. The first-order valence-electron chi connectivity index (χ1n) is 7.59. The van der Waals surface area contributed by atoms with Crippen molar-refractivity contribution in [1.29, 1.82) is 0 Å². The van der Waals surface area contributed by atoms with Crippen LogP contribution in [-0.4, -0.2) is 28.0 Å². The molecule has 0 radical (unpaired) electrons. The molecule has 5 heteroatoms. The summed E-state index contributed by atoms with van der Waals surface area (Å²) in [4.78, 5) is 0. The monoisotopic (exact) mass is 287 g/mol. The Morgan fingerprint density at radius 2 is 1.95 bits per heavy atom. The van der Waals surface area contributed by atoms with Gasteiger partial charge in [-0.3, -0.25) is 0 Å². The Bertz CT molecular complexity index is 556. The summed E-state index contributed by atoms with van der Waals surface area (Å²) in [5.74, 6) is 1.47. The maximum Gasteiger partial charge on any atom is 0.247 e. The topological polar surface area (TPSA) is 71.2 Å². The molecule has 0 aliphatic heterocycles. The molecule has 2 aromatic rings. The molecule has 112 valence electrons. The molecule has 1 aromatic heterocycles. The van der Waals surface area contributed by atoms with Crippen LogP contribution in [0, 0.1) is 5.92 Å². The summed E-state index contributed by atoms with van der Waals surface area (Å²) in [6.07, 6.45) is 4.19. The number of hydrogen-bond acceptors (Lipinski definition) is 5. The predicted molar refractivity (Wildman–Crippen MR) is 79.4 cm³/mol. The third-order valence-electron chi connectivity index (χ3n) is 4.04. The van der Waals surface area contributed by atoms with E-state index in [4.69, 9.17) is 4.42 Å². The fourth-order valence-electron chi connectivity index (χ4n) is 2.81. The molecule has 0 bridgehead atoms. The van der Waals surface area contributed by atoms with Gasteiger partial charge in [0.1, 0.15) is 0 Å². The zero-order valence-corrected chi connectivity index (χ0v) is 12.0. The van der Waals surface area contributed by atoms with Gasteiger partial charge in [-0.05, 0) is 30.9 Å².